The third-order valence-corrected chi connectivity index (χ3v) is 4.93. The van der Waals surface area contributed by atoms with Crippen molar-refractivity contribution in [2.24, 2.45) is 0 Å². The van der Waals surface area contributed by atoms with E-state index in [1.807, 2.05) is 19.1 Å². The Morgan fingerprint density at radius 3 is 2.19 bits per heavy atom. The number of carboxylic acids is 1. The van der Waals surface area contributed by atoms with Gasteiger partial charge in [-0.1, -0.05) is 48.0 Å². The van der Waals surface area contributed by atoms with E-state index in [4.69, 9.17) is 9.84 Å². The summed E-state index contributed by atoms with van der Waals surface area (Å²) in [6.07, 6.45) is 1.72. The number of rotatable bonds is 5. The third-order valence-electron chi connectivity index (χ3n) is 4.93. The number of carboxylic acid groups (broad SMARTS) is 1. The van der Waals surface area contributed by atoms with E-state index in [9.17, 15) is 14.4 Å². The molecule has 0 unspecified atom stereocenters. The number of carbonyl (C=O) groups excluding carboxylic acids is 2. The highest BCUT2D eigenvalue weighted by atomic mass is 16.5. The summed E-state index contributed by atoms with van der Waals surface area (Å²) in [5.41, 5.74) is 3.69. The van der Waals surface area contributed by atoms with Gasteiger partial charge < -0.3 is 9.84 Å². The van der Waals surface area contributed by atoms with Crippen molar-refractivity contribution in [2.45, 2.75) is 6.92 Å². The van der Waals surface area contributed by atoms with Crippen molar-refractivity contribution in [1.29, 1.82) is 0 Å². The molecule has 0 spiro atoms. The van der Waals surface area contributed by atoms with Gasteiger partial charge in [0.2, 0.25) is 0 Å². The molecule has 0 bridgehead atoms. The molecule has 0 aliphatic carbocycles. The van der Waals surface area contributed by atoms with Gasteiger partial charge in [0.25, 0.3) is 11.8 Å². The second-order valence-corrected chi connectivity index (χ2v) is 7.14. The number of hydrogen-bond acceptors (Lipinski definition) is 4. The van der Waals surface area contributed by atoms with E-state index in [-0.39, 0.29) is 5.91 Å². The van der Waals surface area contributed by atoms with Gasteiger partial charge in [0.15, 0.2) is 6.61 Å². The molecular formula is C25H19NO5. The number of imide groups is 1. The Balaban J connectivity index is 1.74. The predicted octanol–water partition coefficient (Wildman–Crippen LogP) is 4.19. The summed E-state index contributed by atoms with van der Waals surface area (Å²) in [5.74, 6) is -1.41. The van der Waals surface area contributed by atoms with Gasteiger partial charge in [-0.25, -0.2) is 9.69 Å². The Hall–Kier alpha value is -4.19. The fourth-order valence-corrected chi connectivity index (χ4v) is 3.39. The number of carbonyl (C=O) groups is 3. The maximum atomic E-state index is 13.4. The van der Waals surface area contributed by atoms with E-state index in [1.54, 1.807) is 66.7 Å². The lowest BCUT2D eigenvalue weighted by molar-refractivity contribution is -0.139. The van der Waals surface area contributed by atoms with Crippen LogP contribution in [0.1, 0.15) is 27.0 Å². The first kappa shape index (κ1) is 20.1. The maximum absolute atomic E-state index is 13.4. The van der Waals surface area contributed by atoms with Crippen LogP contribution < -0.4 is 9.64 Å². The Bertz CT molecular complexity index is 1190. The van der Waals surface area contributed by atoms with Crippen LogP contribution in [0.15, 0.2) is 72.8 Å². The number of hydrogen-bond donors (Lipinski definition) is 1. The van der Waals surface area contributed by atoms with Crippen LogP contribution in [0, 0.1) is 6.92 Å². The van der Waals surface area contributed by atoms with E-state index in [0.717, 1.165) is 11.1 Å². The molecule has 6 heteroatoms. The topological polar surface area (TPSA) is 83.9 Å². The summed E-state index contributed by atoms with van der Waals surface area (Å²) in [6, 6.07) is 21.0. The number of anilines is 1. The van der Waals surface area contributed by atoms with Crippen molar-refractivity contribution in [1.82, 2.24) is 0 Å². The molecule has 2 amide bonds. The molecule has 3 aromatic rings. The lowest BCUT2D eigenvalue weighted by Crippen LogP contribution is -2.41. The molecule has 0 saturated heterocycles. The molecule has 0 atom stereocenters. The van der Waals surface area contributed by atoms with Crippen molar-refractivity contribution in [3.05, 3.63) is 95.1 Å². The molecule has 0 saturated carbocycles. The second kappa shape index (κ2) is 8.28. The monoisotopic (exact) mass is 413 g/mol. The summed E-state index contributed by atoms with van der Waals surface area (Å²) in [5, 5.41) is 8.72. The zero-order valence-electron chi connectivity index (χ0n) is 16.7. The molecular weight excluding hydrogens is 394 g/mol. The van der Waals surface area contributed by atoms with E-state index >= 15 is 0 Å². The molecule has 0 radical (unpaired) electrons. The first-order chi connectivity index (χ1) is 14.9. The van der Waals surface area contributed by atoms with Gasteiger partial charge in [-0.05, 0) is 54.5 Å². The van der Waals surface area contributed by atoms with Crippen molar-refractivity contribution < 1.29 is 24.2 Å². The molecule has 154 valence electrons. The molecule has 3 aromatic carbocycles. The standard InChI is InChI=1S/C25H19NO5/c1-16-6-10-18(11-7-16)26-24(29)21-5-3-2-4-20(21)22(25(26)30)14-17-8-12-19(13-9-17)31-15-23(27)28/h2-14H,15H2,1H3,(H,27,28)/b22-14-. The molecule has 4 rings (SSSR count). The average molecular weight is 413 g/mol. The van der Waals surface area contributed by atoms with Gasteiger partial charge in [-0.15, -0.1) is 0 Å². The van der Waals surface area contributed by atoms with Crippen LogP contribution in [0.25, 0.3) is 11.6 Å². The van der Waals surface area contributed by atoms with Crippen LogP contribution in [0.4, 0.5) is 5.69 Å². The Labute approximate surface area is 179 Å². The van der Waals surface area contributed by atoms with Gasteiger partial charge in [0.05, 0.1) is 5.69 Å². The lowest BCUT2D eigenvalue weighted by Gasteiger charge is -2.28. The molecule has 1 heterocycles. The number of benzene rings is 3. The summed E-state index contributed by atoms with van der Waals surface area (Å²) in [4.78, 5) is 38.3. The fourth-order valence-electron chi connectivity index (χ4n) is 3.39. The number of fused-ring (bicyclic) bond motifs is 1. The molecule has 0 aromatic heterocycles. The van der Waals surface area contributed by atoms with Gasteiger partial charge in [0, 0.05) is 11.1 Å². The Morgan fingerprint density at radius 2 is 1.55 bits per heavy atom. The highest BCUT2D eigenvalue weighted by molar-refractivity contribution is 6.43. The summed E-state index contributed by atoms with van der Waals surface area (Å²) in [7, 11) is 0. The number of aryl methyl sites for hydroxylation is 1. The van der Waals surface area contributed by atoms with Gasteiger partial charge in [0.1, 0.15) is 5.75 Å². The van der Waals surface area contributed by atoms with Gasteiger partial charge >= 0.3 is 5.97 Å². The van der Waals surface area contributed by atoms with Crippen molar-refractivity contribution in [2.75, 3.05) is 11.5 Å². The Kier molecular flexibility index (Phi) is 5.37. The molecule has 31 heavy (non-hydrogen) atoms. The SMILES string of the molecule is Cc1ccc(N2C(=O)/C(=C\c3ccc(OCC(=O)O)cc3)c3ccccc3C2=O)cc1. The molecule has 1 N–H and O–H groups in total. The molecule has 0 fully saturated rings. The lowest BCUT2D eigenvalue weighted by atomic mass is 9.91. The predicted molar refractivity (Wildman–Crippen MR) is 117 cm³/mol. The summed E-state index contributed by atoms with van der Waals surface area (Å²) >= 11 is 0. The average Bonchev–Trinajstić information content (AvgIpc) is 2.77. The van der Waals surface area contributed by atoms with Crippen molar-refractivity contribution >= 4 is 35.1 Å². The number of nitrogens with zero attached hydrogens (tertiary/aromatic N) is 1. The van der Waals surface area contributed by atoms with Crippen LogP contribution in [-0.2, 0) is 9.59 Å². The van der Waals surface area contributed by atoms with Crippen molar-refractivity contribution in [3.8, 4) is 5.75 Å². The van der Waals surface area contributed by atoms with Crippen LogP contribution in [0.3, 0.4) is 0 Å². The largest absolute Gasteiger partial charge is 0.482 e. The minimum absolute atomic E-state index is 0.362. The number of amides is 2. The van der Waals surface area contributed by atoms with Gasteiger partial charge in [-0.2, -0.15) is 0 Å². The van der Waals surface area contributed by atoms with Crippen LogP contribution in [0.5, 0.6) is 5.75 Å². The minimum atomic E-state index is -1.06. The molecule has 1 aliphatic rings. The quantitative estimate of drug-likeness (QED) is 0.501. The molecule has 1 aliphatic heterocycles. The normalized spacial score (nSPS) is 14.5. The zero-order valence-corrected chi connectivity index (χ0v) is 16.7. The van der Waals surface area contributed by atoms with E-state index in [0.29, 0.717) is 28.1 Å². The van der Waals surface area contributed by atoms with E-state index < -0.39 is 18.5 Å². The van der Waals surface area contributed by atoms with Crippen molar-refractivity contribution in [3.63, 3.8) is 0 Å². The highest BCUT2D eigenvalue weighted by Gasteiger charge is 2.35. The van der Waals surface area contributed by atoms with Crippen LogP contribution >= 0.6 is 0 Å². The Morgan fingerprint density at radius 1 is 0.903 bits per heavy atom. The smallest absolute Gasteiger partial charge is 0.341 e. The van der Waals surface area contributed by atoms with Crippen LogP contribution in [-0.4, -0.2) is 29.5 Å². The maximum Gasteiger partial charge on any atom is 0.341 e. The van der Waals surface area contributed by atoms with E-state index in [1.165, 1.54) is 4.90 Å². The fraction of sp³-hybridized carbons (Fsp3) is 0.0800. The molecule has 6 nitrogen and oxygen atoms in total. The van der Waals surface area contributed by atoms with Crippen LogP contribution in [0.2, 0.25) is 0 Å². The first-order valence-electron chi connectivity index (χ1n) is 9.65. The second-order valence-electron chi connectivity index (χ2n) is 7.14. The van der Waals surface area contributed by atoms with E-state index in [2.05, 4.69) is 0 Å². The number of ether oxygens (including phenoxy) is 1. The first-order valence-corrected chi connectivity index (χ1v) is 9.65. The number of aliphatic carboxylic acids is 1. The summed E-state index contributed by atoms with van der Waals surface area (Å²) in [6.45, 7) is 1.51. The third kappa shape index (κ3) is 4.09. The highest BCUT2D eigenvalue weighted by Crippen LogP contribution is 2.33. The summed E-state index contributed by atoms with van der Waals surface area (Å²) < 4.78 is 5.15. The zero-order chi connectivity index (χ0) is 22.0. The van der Waals surface area contributed by atoms with Gasteiger partial charge in [-0.3, -0.25) is 9.59 Å². The minimum Gasteiger partial charge on any atom is -0.482 e.